The van der Waals surface area contributed by atoms with Gasteiger partial charge in [-0.3, -0.25) is 5.32 Å². The zero-order chi connectivity index (χ0) is 29.7. The quantitative estimate of drug-likeness (QED) is 0.252. The van der Waals surface area contributed by atoms with Gasteiger partial charge in [-0.2, -0.15) is 5.10 Å². The topological polar surface area (TPSA) is 88.5 Å². The summed E-state index contributed by atoms with van der Waals surface area (Å²) >= 11 is 0. The van der Waals surface area contributed by atoms with E-state index < -0.39 is 0 Å². The first-order valence-electron chi connectivity index (χ1n) is 14.5. The van der Waals surface area contributed by atoms with Crippen LogP contribution >= 0.6 is 0 Å². The number of aryl methyl sites for hydroxylation is 1. The van der Waals surface area contributed by atoms with Gasteiger partial charge in [-0.05, 0) is 68.0 Å². The first-order chi connectivity index (χ1) is 20.2. The molecule has 1 aliphatic rings. The minimum Gasteiger partial charge on any atom is -0.410 e. The molecule has 8 heteroatoms. The van der Waals surface area contributed by atoms with Crippen molar-refractivity contribution in [3.63, 3.8) is 0 Å². The molecular formula is C34H39N5O3. The number of carbonyl (C=O) groups is 2. The summed E-state index contributed by atoms with van der Waals surface area (Å²) in [6.07, 6.45) is 2.25. The number of amides is 3. The van der Waals surface area contributed by atoms with Gasteiger partial charge in [-0.25, -0.2) is 14.3 Å². The van der Waals surface area contributed by atoms with Crippen molar-refractivity contribution in [3.8, 4) is 11.4 Å². The Hall–Kier alpha value is -4.59. The molecule has 0 spiro atoms. The molecule has 0 saturated carbocycles. The number of nitrogens with zero attached hydrogens (tertiary/aromatic N) is 3. The molecule has 0 bridgehead atoms. The molecule has 42 heavy (non-hydrogen) atoms. The van der Waals surface area contributed by atoms with E-state index in [9.17, 15) is 9.59 Å². The lowest BCUT2D eigenvalue weighted by Gasteiger charge is -2.31. The summed E-state index contributed by atoms with van der Waals surface area (Å²) in [5.74, 6) is 1.56. The number of anilines is 2. The zero-order valence-corrected chi connectivity index (χ0v) is 24.8. The number of para-hydroxylation sites is 2. The standard InChI is InChI=1S/C34H39N5O3/c1-24-14-16-27(17-15-24)39-31(23-30(37-39)34(2,3)4)36-32(40)35-29-13-9-8-10-26(29)22-25-18-20-38(21-19-25)33(41)42-28-11-6-5-7-12-28/h5-17,23,25H,18-22H2,1-4H3,(H2,35,36,40). The molecule has 1 aliphatic heterocycles. The van der Waals surface area contributed by atoms with E-state index in [1.54, 1.807) is 21.7 Å². The molecule has 1 fully saturated rings. The van der Waals surface area contributed by atoms with Gasteiger partial charge in [-0.1, -0.05) is 74.9 Å². The highest BCUT2D eigenvalue weighted by Crippen LogP contribution is 2.28. The second-order valence-corrected chi connectivity index (χ2v) is 12.0. The van der Waals surface area contributed by atoms with E-state index in [0.717, 1.165) is 47.5 Å². The normalized spacial score (nSPS) is 14.0. The summed E-state index contributed by atoms with van der Waals surface area (Å²) in [5, 5.41) is 10.9. The second-order valence-electron chi connectivity index (χ2n) is 12.0. The first-order valence-corrected chi connectivity index (χ1v) is 14.5. The number of piperidine rings is 1. The van der Waals surface area contributed by atoms with Crippen molar-refractivity contribution in [2.24, 2.45) is 5.92 Å². The maximum Gasteiger partial charge on any atom is 0.415 e. The molecule has 2 N–H and O–H groups in total. The van der Waals surface area contributed by atoms with Gasteiger partial charge in [0.2, 0.25) is 0 Å². The van der Waals surface area contributed by atoms with Crippen LogP contribution in [0.4, 0.5) is 21.1 Å². The number of carbonyl (C=O) groups excluding carboxylic acids is 2. The van der Waals surface area contributed by atoms with E-state index in [-0.39, 0.29) is 17.5 Å². The van der Waals surface area contributed by atoms with Crippen LogP contribution in [0.2, 0.25) is 0 Å². The third-order valence-electron chi connectivity index (χ3n) is 7.59. The minimum absolute atomic E-state index is 0.177. The number of nitrogens with one attached hydrogen (secondary N) is 2. The van der Waals surface area contributed by atoms with Gasteiger partial charge in [-0.15, -0.1) is 0 Å². The Morgan fingerprint density at radius 1 is 0.905 bits per heavy atom. The van der Waals surface area contributed by atoms with Gasteiger partial charge in [0.25, 0.3) is 0 Å². The van der Waals surface area contributed by atoms with Crippen molar-refractivity contribution in [2.45, 2.75) is 52.4 Å². The number of rotatable bonds is 6. The molecule has 8 nitrogen and oxygen atoms in total. The number of hydrogen-bond donors (Lipinski definition) is 2. The van der Waals surface area contributed by atoms with E-state index in [4.69, 9.17) is 9.84 Å². The predicted octanol–water partition coefficient (Wildman–Crippen LogP) is 7.58. The number of benzene rings is 3. The van der Waals surface area contributed by atoms with Gasteiger partial charge in [0.1, 0.15) is 11.6 Å². The van der Waals surface area contributed by atoms with Crippen LogP contribution in [0.3, 0.4) is 0 Å². The summed E-state index contributed by atoms with van der Waals surface area (Å²) in [7, 11) is 0. The highest BCUT2D eigenvalue weighted by atomic mass is 16.6. The average molecular weight is 566 g/mol. The van der Waals surface area contributed by atoms with Crippen LogP contribution in [0.15, 0.2) is 84.9 Å². The Labute approximate surface area is 247 Å². The van der Waals surface area contributed by atoms with E-state index >= 15 is 0 Å². The molecule has 0 unspecified atom stereocenters. The molecule has 0 aliphatic carbocycles. The number of ether oxygens (including phenoxy) is 1. The van der Waals surface area contributed by atoms with Gasteiger partial charge in [0.15, 0.2) is 0 Å². The summed E-state index contributed by atoms with van der Waals surface area (Å²) in [6, 6.07) is 26.7. The number of urea groups is 1. The molecule has 218 valence electrons. The number of hydrogen-bond acceptors (Lipinski definition) is 4. The van der Waals surface area contributed by atoms with Crippen LogP contribution in [0.1, 0.15) is 50.4 Å². The van der Waals surface area contributed by atoms with Crippen molar-refractivity contribution >= 4 is 23.6 Å². The smallest absolute Gasteiger partial charge is 0.410 e. The van der Waals surface area contributed by atoms with Crippen LogP contribution in [0, 0.1) is 12.8 Å². The summed E-state index contributed by atoms with van der Waals surface area (Å²) in [4.78, 5) is 27.6. The Kier molecular flexibility index (Phi) is 8.61. The molecule has 3 aromatic carbocycles. The lowest BCUT2D eigenvalue weighted by Crippen LogP contribution is -2.40. The third kappa shape index (κ3) is 7.18. The van der Waals surface area contributed by atoms with E-state index in [0.29, 0.717) is 30.6 Å². The van der Waals surface area contributed by atoms with Crippen molar-refractivity contribution in [1.82, 2.24) is 14.7 Å². The highest BCUT2D eigenvalue weighted by molar-refractivity contribution is 6.00. The summed E-state index contributed by atoms with van der Waals surface area (Å²) in [5.41, 5.74) is 4.59. The molecular weight excluding hydrogens is 526 g/mol. The van der Waals surface area contributed by atoms with Crippen LogP contribution in [-0.4, -0.2) is 39.9 Å². The van der Waals surface area contributed by atoms with Crippen LogP contribution in [0.25, 0.3) is 5.69 Å². The Morgan fingerprint density at radius 2 is 1.57 bits per heavy atom. The van der Waals surface area contributed by atoms with Crippen molar-refractivity contribution < 1.29 is 14.3 Å². The van der Waals surface area contributed by atoms with Gasteiger partial charge in [0, 0.05) is 30.3 Å². The van der Waals surface area contributed by atoms with Gasteiger partial charge < -0.3 is 15.0 Å². The van der Waals surface area contributed by atoms with Crippen LogP contribution < -0.4 is 15.4 Å². The lowest BCUT2D eigenvalue weighted by molar-refractivity contribution is 0.131. The van der Waals surface area contributed by atoms with Crippen molar-refractivity contribution in [1.29, 1.82) is 0 Å². The molecule has 5 rings (SSSR count). The van der Waals surface area contributed by atoms with Crippen LogP contribution in [0.5, 0.6) is 5.75 Å². The second kappa shape index (κ2) is 12.5. The third-order valence-corrected chi connectivity index (χ3v) is 7.59. The Morgan fingerprint density at radius 3 is 2.26 bits per heavy atom. The maximum absolute atomic E-state index is 13.3. The maximum atomic E-state index is 13.3. The van der Waals surface area contributed by atoms with Crippen molar-refractivity contribution in [2.75, 3.05) is 23.7 Å². The van der Waals surface area contributed by atoms with Gasteiger partial charge >= 0.3 is 12.1 Å². The number of likely N-dealkylation sites (tertiary alicyclic amines) is 1. The highest BCUT2D eigenvalue weighted by Gasteiger charge is 2.25. The fourth-order valence-electron chi connectivity index (χ4n) is 5.09. The monoisotopic (exact) mass is 565 g/mol. The van der Waals surface area contributed by atoms with Crippen LogP contribution in [-0.2, 0) is 11.8 Å². The first kappa shape index (κ1) is 28.9. The molecule has 2 heterocycles. The largest absolute Gasteiger partial charge is 0.415 e. The lowest BCUT2D eigenvalue weighted by atomic mass is 9.89. The SMILES string of the molecule is Cc1ccc(-n2nc(C(C)(C)C)cc2NC(=O)Nc2ccccc2CC2CCN(C(=O)Oc3ccccc3)CC2)cc1. The molecule has 1 saturated heterocycles. The fourth-order valence-corrected chi connectivity index (χ4v) is 5.09. The Bertz CT molecular complexity index is 1520. The van der Waals surface area contributed by atoms with Gasteiger partial charge in [0.05, 0.1) is 11.4 Å². The molecule has 0 atom stereocenters. The fraction of sp³-hybridized carbons (Fsp3) is 0.324. The van der Waals surface area contributed by atoms with E-state index in [1.165, 1.54) is 0 Å². The minimum atomic E-state index is -0.324. The molecule has 4 aromatic rings. The molecule has 3 amide bonds. The van der Waals surface area contributed by atoms with E-state index in [1.807, 2.05) is 73.7 Å². The molecule has 1 aromatic heterocycles. The van der Waals surface area contributed by atoms with E-state index in [2.05, 4.69) is 37.5 Å². The number of aromatic nitrogens is 2. The summed E-state index contributed by atoms with van der Waals surface area (Å²) in [6.45, 7) is 9.64. The zero-order valence-electron chi connectivity index (χ0n) is 24.8. The predicted molar refractivity (Wildman–Crippen MR) is 167 cm³/mol. The molecule has 0 radical (unpaired) electrons. The Balaban J connectivity index is 1.22. The average Bonchev–Trinajstić information content (AvgIpc) is 3.40. The summed E-state index contributed by atoms with van der Waals surface area (Å²) < 4.78 is 7.29. The van der Waals surface area contributed by atoms with Crippen molar-refractivity contribution in [3.05, 3.63) is 102 Å².